The number of carbonyl (C=O) groups is 6. The highest BCUT2D eigenvalue weighted by atomic mass is 35.5. The van der Waals surface area contributed by atoms with Crippen LogP contribution >= 0.6 is 23.2 Å². The Balaban J connectivity index is 1.19. The number of nitrogen functional groups attached to an aromatic ring is 4. The maximum Gasteiger partial charge on any atom is 0.280 e. The molecule has 30 N–H and O–H groups in total. The molecule has 2 aromatic heterocycles. The first kappa shape index (κ1) is 83.5. The lowest BCUT2D eigenvalue weighted by Crippen LogP contribution is -2.53. The third-order valence-corrected chi connectivity index (χ3v) is 14.7. The Morgan fingerprint density at radius 1 is 0.416 bits per heavy atom. The van der Waals surface area contributed by atoms with Gasteiger partial charge in [-0.25, -0.2) is 19.9 Å². The molecule has 556 valence electrons. The minimum Gasteiger partial charge on any atom is -0.491 e. The number of anilines is 4. The van der Waals surface area contributed by atoms with Gasteiger partial charge in [0.2, 0.25) is 23.6 Å². The number of guanidine groups is 4. The van der Waals surface area contributed by atoms with Crippen LogP contribution in [0.25, 0.3) is 0 Å². The minimum absolute atomic E-state index is 0.0485. The van der Waals surface area contributed by atoms with Gasteiger partial charge in [-0.2, -0.15) is 0 Å². The number of aromatic nitrogens is 4. The average Bonchev–Trinajstić information content (AvgIpc) is 0.863. The van der Waals surface area contributed by atoms with Crippen LogP contribution in [0, 0.1) is 0 Å². The van der Waals surface area contributed by atoms with Crippen molar-refractivity contribution in [1.82, 2.24) is 51.8 Å². The first-order valence-corrected chi connectivity index (χ1v) is 33.1. The lowest BCUT2D eigenvalue weighted by molar-refractivity contribution is -0.130. The molecule has 6 amide bonds. The fraction of sp³-hybridized carbons (Fsp3) is 0.508. The molecule has 0 saturated heterocycles. The number of benzene rings is 2. The summed E-state index contributed by atoms with van der Waals surface area (Å²) in [6.45, 7) is 3.51. The van der Waals surface area contributed by atoms with E-state index in [1.54, 1.807) is 24.3 Å². The molecular weight excluding hydrogens is 1360 g/mol. The monoisotopic (exact) mass is 1450 g/mol. The molecule has 0 radical (unpaired) electrons. The second-order valence-electron chi connectivity index (χ2n) is 22.1. The van der Waals surface area contributed by atoms with Gasteiger partial charge in [-0.05, 0) is 106 Å². The lowest BCUT2D eigenvalue weighted by atomic mass is 10.0. The van der Waals surface area contributed by atoms with E-state index in [0.29, 0.717) is 63.1 Å². The quantitative estimate of drug-likeness (QED) is 0.0118. The van der Waals surface area contributed by atoms with Gasteiger partial charge in [-0.1, -0.05) is 47.5 Å². The predicted octanol–water partition coefficient (Wildman–Crippen LogP) is -3.08. The van der Waals surface area contributed by atoms with E-state index in [4.69, 9.17) is 120 Å². The molecule has 4 atom stereocenters. The van der Waals surface area contributed by atoms with E-state index in [9.17, 15) is 28.8 Å². The van der Waals surface area contributed by atoms with Gasteiger partial charge in [0.25, 0.3) is 11.8 Å². The van der Waals surface area contributed by atoms with Gasteiger partial charge in [0.15, 0.2) is 68.8 Å². The standard InChI is InChI=1S/C61H96Cl2N26O12/c62-46-50(68)86-48(66)44(84-46)56(94)88-60(74)80-22-18-36-10-14-38(15-11-36)100-34-32-98-30-28-96-26-24-76-54(92)42(82-52(90)40(64)6-1-3-20-78-58(70)71)8-5-9-43(83-53(91)41(65)7-2-4-21-79-59(72)73)55(93)77-25-27-97-29-31-99-33-35-101-39-16-12-37(13-17-39)19-23-81-61(75)89-57(95)45-49(67)87-51(69)47(63)85-45/h10-17,40-43H,1-9,18-35,64-65H2,(H,76,92)(H,77,93)(H,82,90)(H,83,91)(H4,66,68,86)(H4,67,69,87)(H4,70,71,78)(H4,72,73,79)(H3,74,80,88,94)(H3,75,81,89,95)/t40-,41-,42?,43?/m1/s1. The van der Waals surface area contributed by atoms with E-state index in [1.807, 2.05) is 24.3 Å². The van der Waals surface area contributed by atoms with E-state index < -0.39 is 59.6 Å². The Labute approximate surface area is 594 Å². The predicted molar refractivity (Wildman–Crippen MR) is 383 cm³/mol. The number of hydrogen-bond acceptors (Lipinski definition) is 26. The fourth-order valence-corrected chi connectivity index (χ4v) is 9.09. The molecule has 0 spiro atoms. The third kappa shape index (κ3) is 34.6. The summed E-state index contributed by atoms with van der Waals surface area (Å²) in [6, 6.07) is 10.5. The van der Waals surface area contributed by atoms with Gasteiger partial charge in [-0.3, -0.25) is 59.4 Å². The highest BCUT2D eigenvalue weighted by molar-refractivity contribution is 6.32. The van der Waals surface area contributed by atoms with Crippen LogP contribution < -0.4 is 110 Å². The summed E-state index contributed by atoms with van der Waals surface area (Å²) < 4.78 is 34.2. The van der Waals surface area contributed by atoms with Crippen LogP contribution in [0.15, 0.2) is 68.5 Å². The van der Waals surface area contributed by atoms with Crippen molar-refractivity contribution in [2.45, 2.75) is 94.8 Å². The summed E-state index contributed by atoms with van der Waals surface area (Å²) in [5.74, 6) is -3.51. The molecular formula is C61H96Cl2N26O12. The summed E-state index contributed by atoms with van der Waals surface area (Å²) in [7, 11) is 0. The van der Waals surface area contributed by atoms with E-state index in [-0.39, 0.29) is 193 Å². The summed E-state index contributed by atoms with van der Waals surface area (Å²) in [5, 5.41) is 15.5. The molecule has 4 rings (SSSR count). The van der Waals surface area contributed by atoms with Crippen LogP contribution in [0.3, 0.4) is 0 Å². The van der Waals surface area contributed by atoms with E-state index in [0.717, 1.165) is 11.1 Å². The van der Waals surface area contributed by atoms with Crippen LogP contribution in [0.2, 0.25) is 10.3 Å². The largest absolute Gasteiger partial charge is 0.491 e. The fourth-order valence-electron chi connectivity index (χ4n) is 8.83. The molecule has 4 aromatic rings. The topological polar surface area (TPSA) is 643 Å². The maximum absolute atomic E-state index is 13.7. The van der Waals surface area contributed by atoms with Crippen molar-refractivity contribution in [1.29, 1.82) is 0 Å². The molecule has 2 aromatic carbocycles. The van der Waals surface area contributed by atoms with E-state index >= 15 is 0 Å². The molecule has 0 saturated carbocycles. The first-order chi connectivity index (χ1) is 48.4. The highest BCUT2D eigenvalue weighted by Gasteiger charge is 2.28. The van der Waals surface area contributed by atoms with E-state index in [2.05, 4.69) is 71.8 Å². The Bertz CT molecular complexity index is 3150. The van der Waals surface area contributed by atoms with Crippen molar-refractivity contribution in [2.24, 2.45) is 65.8 Å². The summed E-state index contributed by atoms with van der Waals surface area (Å²) in [5.41, 5.74) is 69.9. The van der Waals surface area contributed by atoms with Crippen molar-refractivity contribution >= 4 is 106 Å². The normalized spacial score (nSPS) is 12.6. The molecule has 0 fully saturated rings. The van der Waals surface area contributed by atoms with Crippen LogP contribution in [0.1, 0.15) is 89.9 Å². The van der Waals surface area contributed by atoms with Gasteiger partial charge < -0.3 is 118 Å². The molecule has 2 heterocycles. The molecule has 38 nitrogen and oxygen atoms in total. The van der Waals surface area contributed by atoms with Crippen molar-refractivity contribution in [2.75, 3.05) is 128 Å². The van der Waals surface area contributed by atoms with Crippen LogP contribution in [-0.4, -0.2) is 209 Å². The molecule has 40 heteroatoms. The van der Waals surface area contributed by atoms with Crippen LogP contribution in [0.5, 0.6) is 11.5 Å². The molecule has 0 bridgehead atoms. The zero-order chi connectivity index (χ0) is 73.9. The number of rotatable bonds is 48. The average molecular weight is 1460 g/mol. The summed E-state index contributed by atoms with van der Waals surface area (Å²) in [4.78, 5) is 111. The smallest absolute Gasteiger partial charge is 0.280 e. The Hall–Kier alpha value is -9.96. The zero-order valence-electron chi connectivity index (χ0n) is 56.2. The van der Waals surface area contributed by atoms with Crippen molar-refractivity contribution in [3.05, 3.63) is 81.4 Å². The van der Waals surface area contributed by atoms with Gasteiger partial charge in [0.05, 0.1) is 64.9 Å². The van der Waals surface area contributed by atoms with Gasteiger partial charge in [-0.15, -0.1) is 0 Å². The number of halogens is 2. The zero-order valence-corrected chi connectivity index (χ0v) is 57.7. The van der Waals surface area contributed by atoms with Gasteiger partial charge in [0.1, 0.15) is 36.8 Å². The number of hydrogen-bond donors (Lipinski definition) is 18. The third-order valence-electron chi connectivity index (χ3n) is 14.1. The van der Waals surface area contributed by atoms with Crippen LogP contribution in [0.4, 0.5) is 23.3 Å². The van der Waals surface area contributed by atoms with Gasteiger partial charge >= 0.3 is 0 Å². The molecule has 2 unspecified atom stereocenters. The molecule has 0 aliphatic rings. The second kappa shape index (κ2) is 47.2. The highest BCUT2D eigenvalue weighted by Crippen LogP contribution is 2.20. The maximum atomic E-state index is 13.7. The van der Waals surface area contributed by atoms with Crippen LogP contribution in [-0.2, 0) is 51.0 Å². The van der Waals surface area contributed by atoms with Crippen molar-refractivity contribution in [3.8, 4) is 11.5 Å². The number of unbranched alkanes of at least 4 members (excludes halogenated alkanes) is 2. The molecule has 0 aliphatic carbocycles. The number of nitrogens with one attached hydrogen (secondary N) is 6. The summed E-state index contributed by atoms with van der Waals surface area (Å²) in [6.07, 6.45) is 4.03. The molecule has 101 heavy (non-hydrogen) atoms. The van der Waals surface area contributed by atoms with Crippen molar-refractivity contribution in [3.63, 3.8) is 0 Å². The number of aliphatic imine (C=N–C) groups is 4. The SMILES string of the molecule is NC(N)=NCCCC[C@@H](N)C(=O)NC(CCCC(NC(=O)[C@H](N)CCCCN=C(N)N)C(=O)NCCOCCOCCOc1ccc(CCN=C(N)NC(=O)c2nc(Cl)c(N)nc2N)cc1)C(=O)NCCOCCOCCOc1ccc(CCN=C(N)NC(=O)c2nc(Cl)c(N)nc2N)cc1. The van der Waals surface area contributed by atoms with E-state index in [1.165, 1.54) is 0 Å². The Morgan fingerprint density at radius 3 is 1.14 bits per heavy atom. The minimum atomic E-state index is -1.09. The summed E-state index contributed by atoms with van der Waals surface area (Å²) >= 11 is 11.7. The number of amides is 6. The molecule has 0 aliphatic heterocycles. The Morgan fingerprint density at radius 2 is 0.772 bits per heavy atom. The van der Waals surface area contributed by atoms with Gasteiger partial charge in [0, 0.05) is 39.3 Å². The number of ether oxygens (including phenoxy) is 6. The second-order valence-corrected chi connectivity index (χ2v) is 22.8. The Kier molecular flexibility index (Phi) is 39.0. The number of nitrogens with zero attached hydrogens (tertiary/aromatic N) is 8. The lowest BCUT2D eigenvalue weighted by Gasteiger charge is -2.23. The first-order valence-electron chi connectivity index (χ1n) is 32.3. The number of carbonyl (C=O) groups excluding carboxylic acids is 6. The number of nitrogens with two attached hydrogens (primary N) is 12. The van der Waals surface area contributed by atoms with Crippen molar-refractivity contribution < 1.29 is 57.2 Å².